The molecule has 3 rings (SSSR count). The third kappa shape index (κ3) is 1.20. The monoisotopic (exact) mass is 224 g/mol. The third-order valence-electron chi connectivity index (χ3n) is 5.59. The number of hydrogen-bond acceptors (Lipinski definition) is 2. The fourth-order valence-electron chi connectivity index (χ4n) is 5.15. The summed E-state index contributed by atoms with van der Waals surface area (Å²) < 4.78 is 5.95. The van der Waals surface area contributed by atoms with Gasteiger partial charge in [-0.3, -0.25) is 0 Å². The van der Waals surface area contributed by atoms with Gasteiger partial charge in [0.05, 0.1) is 5.60 Å². The summed E-state index contributed by atoms with van der Waals surface area (Å²) >= 11 is 0. The number of rotatable bonds is 3. The van der Waals surface area contributed by atoms with Crippen LogP contribution >= 0.6 is 0 Å². The molecular weight excluding hydrogens is 200 g/mol. The first kappa shape index (κ1) is 11.0. The van der Waals surface area contributed by atoms with Gasteiger partial charge in [0.1, 0.15) is 0 Å². The van der Waals surface area contributed by atoms with Crippen LogP contribution in [0.15, 0.2) is 0 Å². The maximum absolute atomic E-state index is 9.55. The quantitative estimate of drug-likeness (QED) is 0.747. The average molecular weight is 224 g/mol. The van der Waals surface area contributed by atoms with E-state index in [1.807, 2.05) is 0 Å². The lowest BCUT2D eigenvalue weighted by Gasteiger charge is -2.73. The number of aliphatic hydroxyl groups excluding tert-OH is 1. The van der Waals surface area contributed by atoms with E-state index in [0.717, 1.165) is 36.0 Å². The predicted octanol–water partition coefficient (Wildman–Crippen LogP) is 2.80. The Hall–Kier alpha value is -0.0800. The van der Waals surface area contributed by atoms with E-state index in [1.54, 1.807) is 6.92 Å². The van der Waals surface area contributed by atoms with E-state index in [0.29, 0.717) is 0 Å². The number of hydrogen-bond donors (Lipinski definition) is 1. The SMILES string of the molecule is CCC1(OC(C)O)C2CC(C)CC3CC1C32. The summed E-state index contributed by atoms with van der Waals surface area (Å²) in [5.74, 6) is 4.27. The Bertz CT molecular complexity index is 288. The lowest BCUT2D eigenvalue weighted by molar-refractivity contribution is -0.346. The molecule has 0 amide bonds. The first-order valence-corrected chi connectivity index (χ1v) is 6.94. The summed E-state index contributed by atoms with van der Waals surface area (Å²) in [7, 11) is 0. The zero-order valence-electron chi connectivity index (χ0n) is 10.6. The Kier molecular flexibility index (Phi) is 2.38. The highest BCUT2D eigenvalue weighted by molar-refractivity contribution is 5.19. The van der Waals surface area contributed by atoms with Crippen LogP contribution < -0.4 is 0 Å². The molecule has 3 saturated carbocycles. The van der Waals surface area contributed by atoms with Gasteiger partial charge in [-0.2, -0.15) is 0 Å². The maximum atomic E-state index is 9.55. The molecule has 0 aromatic rings. The molecular formula is C14H24O2. The smallest absolute Gasteiger partial charge is 0.152 e. The third-order valence-corrected chi connectivity index (χ3v) is 5.59. The summed E-state index contributed by atoms with van der Waals surface area (Å²) in [6.07, 6.45) is 4.58. The molecule has 3 fully saturated rings. The molecule has 1 N–H and O–H groups in total. The summed E-state index contributed by atoms with van der Waals surface area (Å²) in [6, 6.07) is 0. The van der Waals surface area contributed by atoms with Gasteiger partial charge in [-0.15, -0.1) is 0 Å². The molecule has 0 spiro atoms. The molecule has 0 bridgehead atoms. The zero-order chi connectivity index (χ0) is 11.5. The summed E-state index contributed by atoms with van der Waals surface area (Å²) in [5.41, 5.74) is 0.0318. The fourth-order valence-corrected chi connectivity index (χ4v) is 5.15. The number of ether oxygens (including phenoxy) is 1. The van der Waals surface area contributed by atoms with Gasteiger partial charge in [-0.25, -0.2) is 0 Å². The first-order valence-electron chi connectivity index (χ1n) is 6.94. The lowest BCUT2D eigenvalue weighted by Crippen LogP contribution is -2.73. The van der Waals surface area contributed by atoms with Gasteiger partial charge < -0.3 is 9.84 Å². The van der Waals surface area contributed by atoms with Crippen LogP contribution in [0.2, 0.25) is 0 Å². The molecule has 7 atom stereocenters. The van der Waals surface area contributed by atoms with Crippen molar-refractivity contribution in [1.82, 2.24) is 0 Å². The van der Waals surface area contributed by atoms with Crippen molar-refractivity contribution in [2.24, 2.45) is 29.6 Å². The predicted molar refractivity (Wildman–Crippen MR) is 62.8 cm³/mol. The van der Waals surface area contributed by atoms with E-state index in [9.17, 15) is 5.11 Å². The van der Waals surface area contributed by atoms with Crippen LogP contribution in [0.1, 0.15) is 46.5 Å². The summed E-state index contributed by atoms with van der Waals surface area (Å²) in [5, 5.41) is 9.55. The van der Waals surface area contributed by atoms with Crippen molar-refractivity contribution in [3.63, 3.8) is 0 Å². The second kappa shape index (κ2) is 3.46. The van der Waals surface area contributed by atoms with Crippen molar-refractivity contribution in [2.45, 2.75) is 58.3 Å². The maximum Gasteiger partial charge on any atom is 0.152 e. The van der Waals surface area contributed by atoms with Gasteiger partial charge in [-0.1, -0.05) is 13.8 Å². The van der Waals surface area contributed by atoms with E-state index < -0.39 is 6.29 Å². The molecule has 3 aliphatic carbocycles. The molecule has 2 nitrogen and oxygen atoms in total. The highest BCUT2D eigenvalue weighted by atomic mass is 16.6. The Labute approximate surface area is 98.4 Å². The Morgan fingerprint density at radius 1 is 1.31 bits per heavy atom. The van der Waals surface area contributed by atoms with Gasteiger partial charge in [0.25, 0.3) is 0 Å². The fraction of sp³-hybridized carbons (Fsp3) is 1.00. The average Bonchev–Trinajstić information content (AvgIpc) is 2.17. The second-order valence-electron chi connectivity index (χ2n) is 6.39. The zero-order valence-corrected chi connectivity index (χ0v) is 10.6. The number of aliphatic hydroxyl groups is 1. The summed E-state index contributed by atoms with van der Waals surface area (Å²) in [4.78, 5) is 0. The topological polar surface area (TPSA) is 29.5 Å². The van der Waals surface area contributed by atoms with Crippen molar-refractivity contribution in [3.05, 3.63) is 0 Å². The molecule has 7 unspecified atom stereocenters. The van der Waals surface area contributed by atoms with Crippen molar-refractivity contribution in [3.8, 4) is 0 Å². The van der Waals surface area contributed by atoms with Crippen LogP contribution in [-0.4, -0.2) is 17.0 Å². The molecule has 0 aliphatic heterocycles. The Morgan fingerprint density at radius 2 is 2.00 bits per heavy atom. The van der Waals surface area contributed by atoms with Gasteiger partial charge in [0.15, 0.2) is 6.29 Å². The molecule has 3 aliphatic rings. The van der Waals surface area contributed by atoms with E-state index >= 15 is 0 Å². The Morgan fingerprint density at radius 3 is 2.62 bits per heavy atom. The molecule has 0 heterocycles. The Balaban J connectivity index is 1.81. The minimum absolute atomic E-state index is 0.0318. The molecule has 92 valence electrons. The van der Waals surface area contributed by atoms with Crippen LogP contribution in [0.3, 0.4) is 0 Å². The van der Waals surface area contributed by atoms with E-state index in [4.69, 9.17) is 4.74 Å². The van der Waals surface area contributed by atoms with Gasteiger partial charge in [0, 0.05) is 0 Å². The van der Waals surface area contributed by atoms with E-state index in [2.05, 4.69) is 13.8 Å². The molecule has 0 aromatic heterocycles. The largest absolute Gasteiger partial charge is 0.368 e. The minimum atomic E-state index is -0.600. The van der Waals surface area contributed by atoms with Gasteiger partial charge >= 0.3 is 0 Å². The van der Waals surface area contributed by atoms with Crippen LogP contribution in [0.25, 0.3) is 0 Å². The summed E-state index contributed by atoms with van der Waals surface area (Å²) in [6.45, 7) is 6.36. The molecule has 2 heteroatoms. The highest BCUT2D eigenvalue weighted by Gasteiger charge is 2.70. The lowest BCUT2D eigenvalue weighted by atomic mass is 9.35. The standard InChI is InChI=1S/C14H24O2/c1-4-14(16-9(3)15)11-6-8(2)5-10-7-12(14)13(10)11/h8-13,15H,4-7H2,1-3H3. The minimum Gasteiger partial charge on any atom is -0.368 e. The van der Waals surface area contributed by atoms with Crippen molar-refractivity contribution >= 4 is 0 Å². The van der Waals surface area contributed by atoms with Crippen molar-refractivity contribution < 1.29 is 9.84 Å². The van der Waals surface area contributed by atoms with Crippen LogP contribution in [0.4, 0.5) is 0 Å². The highest BCUT2D eigenvalue weighted by Crippen LogP contribution is 2.71. The molecule has 16 heavy (non-hydrogen) atoms. The van der Waals surface area contributed by atoms with Crippen LogP contribution in [-0.2, 0) is 4.74 Å². The molecule has 0 aromatic carbocycles. The normalized spacial score (nSPS) is 55.9. The van der Waals surface area contributed by atoms with Crippen LogP contribution in [0, 0.1) is 29.6 Å². The van der Waals surface area contributed by atoms with Crippen LogP contribution in [0.5, 0.6) is 0 Å². The van der Waals surface area contributed by atoms with Gasteiger partial charge in [0.2, 0.25) is 0 Å². The van der Waals surface area contributed by atoms with Crippen molar-refractivity contribution in [1.29, 1.82) is 0 Å². The molecule has 0 saturated heterocycles. The first-order chi connectivity index (χ1) is 7.58. The van der Waals surface area contributed by atoms with Crippen molar-refractivity contribution in [2.75, 3.05) is 0 Å². The van der Waals surface area contributed by atoms with E-state index in [-0.39, 0.29) is 5.60 Å². The second-order valence-corrected chi connectivity index (χ2v) is 6.39. The van der Waals surface area contributed by atoms with E-state index in [1.165, 1.54) is 19.3 Å². The molecule has 0 radical (unpaired) electrons. The van der Waals surface area contributed by atoms with Gasteiger partial charge in [-0.05, 0) is 62.2 Å².